The van der Waals surface area contributed by atoms with Crippen molar-refractivity contribution in [1.82, 2.24) is 10.2 Å². The zero-order valence-corrected chi connectivity index (χ0v) is 11.0. The Bertz CT molecular complexity index is 495. The highest BCUT2D eigenvalue weighted by Gasteiger charge is 2.39. The van der Waals surface area contributed by atoms with Crippen molar-refractivity contribution in [2.45, 2.75) is 24.8 Å². The minimum atomic E-state index is 0.172. The molecule has 4 rings (SSSR count). The number of hydrogen-bond donors (Lipinski definition) is 1. The van der Waals surface area contributed by atoms with E-state index in [0.717, 1.165) is 37.8 Å². The van der Waals surface area contributed by atoms with E-state index in [2.05, 4.69) is 29.6 Å². The molecule has 100 valence electrons. The zero-order chi connectivity index (χ0) is 12.8. The number of nitrogens with zero attached hydrogens (tertiary/aromatic N) is 2. The first-order valence-electron chi connectivity index (χ1n) is 7.22. The molecule has 19 heavy (non-hydrogen) atoms. The van der Waals surface area contributed by atoms with Gasteiger partial charge in [-0.2, -0.15) is 0 Å². The molecule has 1 atom stereocenters. The molecule has 2 amide bonds. The summed E-state index contributed by atoms with van der Waals surface area (Å²) in [5.41, 5.74) is 2.47. The Labute approximate surface area is 113 Å². The quantitative estimate of drug-likeness (QED) is 0.876. The number of piperazine rings is 1. The molecule has 4 heteroatoms. The fourth-order valence-electron chi connectivity index (χ4n) is 3.18. The summed E-state index contributed by atoms with van der Waals surface area (Å²) in [7, 11) is 0. The third-order valence-corrected chi connectivity index (χ3v) is 4.47. The van der Waals surface area contributed by atoms with Crippen LogP contribution in [0.2, 0.25) is 0 Å². The first-order valence-corrected chi connectivity index (χ1v) is 7.22. The Kier molecular flexibility index (Phi) is 2.52. The Hall–Kier alpha value is -1.55. The number of fused-ring (bicyclic) bond motifs is 1. The second-order valence-electron chi connectivity index (χ2n) is 5.81. The zero-order valence-electron chi connectivity index (χ0n) is 11.0. The maximum absolute atomic E-state index is 12.4. The summed E-state index contributed by atoms with van der Waals surface area (Å²) >= 11 is 0. The molecule has 1 aromatic rings. The molecule has 3 aliphatic rings. The van der Waals surface area contributed by atoms with E-state index in [-0.39, 0.29) is 6.03 Å². The van der Waals surface area contributed by atoms with E-state index in [1.807, 2.05) is 9.80 Å². The van der Waals surface area contributed by atoms with Crippen LogP contribution >= 0.6 is 0 Å². The van der Waals surface area contributed by atoms with Gasteiger partial charge < -0.3 is 10.2 Å². The first kappa shape index (κ1) is 11.3. The molecule has 2 heterocycles. The van der Waals surface area contributed by atoms with Crippen LogP contribution in [0.1, 0.15) is 24.3 Å². The van der Waals surface area contributed by atoms with Gasteiger partial charge in [0.15, 0.2) is 0 Å². The van der Waals surface area contributed by atoms with Crippen molar-refractivity contribution < 1.29 is 4.79 Å². The van der Waals surface area contributed by atoms with Crippen molar-refractivity contribution >= 4 is 11.7 Å². The van der Waals surface area contributed by atoms with Crippen LogP contribution in [0.15, 0.2) is 24.3 Å². The van der Waals surface area contributed by atoms with Crippen LogP contribution in [0.25, 0.3) is 0 Å². The van der Waals surface area contributed by atoms with E-state index < -0.39 is 0 Å². The second kappa shape index (κ2) is 4.23. The molecule has 0 unspecified atom stereocenters. The number of anilines is 1. The van der Waals surface area contributed by atoms with Crippen molar-refractivity contribution in [2.75, 3.05) is 31.1 Å². The summed E-state index contributed by atoms with van der Waals surface area (Å²) in [6, 6.07) is 9.11. The van der Waals surface area contributed by atoms with Crippen LogP contribution in [-0.4, -0.2) is 43.2 Å². The molecule has 1 saturated carbocycles. The largest absolute Gasteiger partial charge is 0.324 e. The fourth-order valence-corrected chi connectivity index (χ4v) is 3.18. The number of urea groups is 1. The molecule has 2 aliphatic heterocycles. The van der Waals surface area contributed by atoms with Gasteiger partial charge in [-0.1, -0.05) is 12.1 Å². The molecule has 1 aromatic carbocycles. The number of hydrogen-bond acceptors (Lipinski definition) is 2. The molecule has 3 fully saturated rings. The molecular weight excluding hydrogens is 238 g/mol. The molecule has 1 aliphatic carbocycles. The summed E-state index contributed by atoms with van der Waals surface area (Å²) in [6.07, 6.45) is 2.65. The molecule has 2 saturated heterocycles. The van der Waals surface area contributed by atoms with E-state index in [1.165, 1.54) is 18.4 Å². The summed E-state index contributed by atoms with van der Waals surface area (Å²) in [5.74, 6) is 0.777. The van der Waals surface area contributed by atoms with Crippen molar-refractivity contribution in [3.63, 3.8) is 0 Å². The lowest BCUT2D eigenvalue weighted by Crippen LogP contribution is -2.49. The number of carbonyl (C=O) groups is 1. The molecule has 4 nitrogen and oxygen atoms in total. The van der Waals surface area contributed by atoms with Crippen LogP contribution in [0.5, 0.6) is 0 Å². The maximum Gasteiger partial charge on any atom is 0.324 e. The molecule has 0 spiro atoms. The number of rotatable bonds is 2. The van der Waals surface area contributed by atoms with E-state index >= 15 is 0 Å². The van der Waals surface area contributed by atoms with Crippen molar-refractivity contribution in [3.05, 3.63) is 29.8 Å². The van der Waals surface area contributed by atoms with E-state index in [9.17, 15) is 4.79 Å². The van der Waals surface area contributed by atoms with Gasteiger partial charge in [0.05, 0.1) is 6.04 Å². The lowest BCUT2D eigenvalue weighted by atomic mass is 10.1. The Morgan fingerprint density at radius 3 is 2.63 bits per heavy atom. The number of amides is 2. The summed E-state index contributed by atoms with van der Waals surface area (Å²) in [6.45, 7) is 3.48. The fraction of sp³-hybridized carbons (Fsp3) is 0.533. The Balaban J connectivity index is 1.56. The summed E-state index contributed by atoms with van der Waals surface area (Å²) < 4.78 is 0. The van der Waals surface area contributed by atoms with Crippen LogP contribution < -0.4 is 10.2 Å². The minimum Gasteiger partial charge on any atom is -0.317 e. The van der Waals surface area contributed by atoms with Gasteiger partial charge in [0.25, 0.3) is 0 Å². The average Bonchev–Trinajstić information content (AvgIpc) is 3.25. The van der Waals surface area contributed by atoms with Crippen molar-refractivity contribution in [3.8, 4) is 0 Å². The van der Waals surface area contributed by atoms with E-state index in [0.29, 0.717) is 6.04 Å². The predicted molar refractivity (Wildman–Crippen MR) is 74.5 cm³/mol. The van der Waals surface area contributed by atoms with Crippen LogP contribution in [-0.2, 0) is 0 Å². The van der Waals surface area contributed by atoms with Gasteiger partial charge in [0.1, 0.15) is 0 Å². The van der Waals surface area contributed by atoms with E-state index in [1.54, 1.807) is 0 Å². The topological polar surface area (TPSA) is 35.6 Å². The number of carbonyl (C=O) groups excluding carboxylic acids is 1. The number of benzene rings is 1. The normalized spacial score (nSPS) is 26.7. The third-order valence-electron chi connectivity index (χ3n) is 4.47. The number of nitrogens with one attached hydrogen (secondary N) is 1. The summed E-state index contributed by atoms with van der Waals surface area (Å²) in [4.78, 5) is 16.3. The standard InChI is InChI=1S/C15H19N3O/c19-15-17-8-7-16-9-14(17)10-18(15)13-5-3-12(4-6-13)11-1-2-11/h3-6,11,14,16H,1-2,7-10H2/t14-/m0/s1. The van der Waals surface area contributed by atoms with Gasteiger partial charge in [-0.15, -0.1) is 0 Å². The highest BCUT2D eigenvalue weighted by molar-refractivity contribution is 5.94. The van der Waals surface area contributed by atoms with E-state index in [4.69, 9.17) is 0 Å². The maximum atomic E-state index is 12.4. The highest BCUT2D eigenvalue weighted by atomic mass is 16.2. The van der Waals surface area contributed by atoms with Gasteiger partial charge in [-0.3, -0.25) is 4.90 Å². The monoisotopic (exact) mass is 257 g/mol. The van der Waals surface area contributed by atoms with Crippen LogP contribution in [0.4, 0.5) is 10.5 Å². The lowest BCUT2D eigenvalue weighted by molar-refractivity contribution is 0.193. The first-order chi connectivity index (χ1) is 9.33. The lowest BCUT2D eigenvalue weighted by Gasteiger charge is -2.28. The molecule has 0 radical (unpaired) electrons. The van der Waals surface area contributed by atoms with Crippen LogP contribution in [0.3, 0.4) is 0 Å². The van der Waals surface area contributed by atoms with Gasteiger partial charge in [-0.05, 0) is 36.5 Å². The van der Waals surface area contributed by atoms with Crippen LogP contribution in [0, 0.1) is 0 Å². The van der Waals surface area contributed by atoms with Gasteiger partial charge in [0, 0.05) is 31.9 Å². The SMILES string of the molecule is O=C1N(c2ccc(C3CC3)cc2)C[C@@H]2CNCCN12. The Morgan fingerprint density at radius 2 is 1.95 bits per heavy atom. The molecular formula is C15H19N3O. The smallest absolute Gasteiger partial charge is 0.317 e. The Morgan fingerprint density at radius 1 is 1.16 bits per heavy atom. The predicted octanol–water partition coefficient (Wildman–Crippen LogP) is 1.78. The molecule has 1 N–H and O–H groups in total. The molecule has 0 aromatic heterocycles. The second-order valence-corrected chi connectivity index (χ2v) is 5.81. The van der Waals surface area contributed by atoms with Gasteiger partial charge in [0.2, 0.25) is 0 Å². The average molecular weight is 257 g/mol. The minimum absolute atomic E-state index is 0.172. The third kappa shape index (κ3) is 1.91. The molecule has 0 bridgehead atoms. The van der Waals surface area contributed by atoms with Gasteiger partial charge in [-0.25, -0.2) is 4.79 Å². The van der Waals surface area contributed by atoms with Gasteiger partial charge >= 0.3 is 6.03 Å². The highest BCUT2D eigenvalue weighted by Crippen LogP contribution is 2.40. The van der Waals surface area contributed by atoms with Crippen molar-refractivity contribution in [1.29, 1.82) is 0 Å². The summed E-state index contributed by atoms with van der Waals surface area (Å²) in [5, 5.41) is 3.36. The van der Waals surface area contributed by atoms with Crippen molar-refractivity contribution in [2.24, 2.45) is 0 Å².